The Balaban J connectivity index is 2.22. The van der Waals surface area contributed by atoms with Crippen LogP contribution >= 0.6 is 11.6 Å². The number of carbonyl (C=O) groups excluding carboxylic acids is 1. The minimum absolute atomic E-state index is 0.0232. The predicted molar refractivity (Wildman–Crippen MR) is 69.0 cm³/mol. The lowest BCUT2D eigenvalue weighted by Gasteiger charge is -2.27. The summed E-state index contributed by atoms with van der Waals surface area (Å²) in [5, 5.41) is 9.78. The van der Waals surface area contributed by atoms with E-state index < -0.39 is 0 Å². The molecule has 1 aliphatic rings. The number of rotatable bonds is 2. The van der Waals surface area contributed by atoms with Gasteiger partial charge in [0.1, 0.15) is 5.75 Å². The molecule has 5 heteroatoms. The number of nitrogens with zero attached hydrogens (tertiary/aromatic N) is 1. The highest BCUT2D eigenvalue weighted by Crippen LogP contribution is 2.25. The molecule has 0 spiro atoms. The molecule has 0 radical (unpaired) electrons. The number of phenols is 1. The first kappa shape index (κ1) is 13.2. The smallest absolute Gasteiger partial charge is 0.255 e. The zero-order chi connectivity index (χ0) is 13.3. The van der Waals surface area contributed by atoms with Gasteiger partial charge in [0.15, 0.2) is 0 Å². The van der Waals surface area contributed by atoms with E-state index in [2.05, 4.69) is 0 Å². The molecular formula is C13H16ClNO3. The summed E-state index contributed by atoms with van der Waals surface area (Å²) in [7, 11) is 1.73. The summed E-state index contributed by atoms with van der Waals surface area (Å²) in [6.45, 7) is 2.61. The van der Waals surface area contributed by atoms with Crippen molar-refractivity contribution in [1.29, 1.82) is 0 Å². The van der Waals surface area contributed by atoms with Crippen LogP contribution in [0.15, 0.2) is 18.2 Å². The van der Waals surface area contributed by atoms with Crippen molar-refractivity contribution >= 4 is 17.5 Å². The number of amides is 1. The van der Waals surface area contributed by atoms with E-state index in [4.69, 9.17) is 16.3 Å². The summed E-state index contributed by atoms with van der Waals surface area (Å²) in [4.78, 5) is 14.0. The number of hydrogen-bond donors (Lipinski definition) is 1. The molecule has 1 aliphatic heterocycles. The van der Waals surface area contributed by atoms with Gasteiger partial charge in [-0.2, -0.15) is 0 Å². The third kappa shape index (κ3) is 2.44. The molecule has 1 N–H and O–H groups in total. The van der Waals surface area contributed by atoms with Crippen molar-refractivity contribution in [2.75, 3.05) is 13.7 Å². The van der Waals surface area contributed by atoms with Crippen molar-refractivity contribution in [2.45, 2.75) is 25.5 Å². The van der Waals surface area contributed by atoms with Crippen molar-refractivity contribution in [3.63, 3.8) is 0 Å². The average molecular weight is 270 g/mol. The summed E-state index contributed by atoms with van der Waals surface area (Å²) in [6, 6.07) is 4.42. The van der Waals surface area contributed by atoms with Gasteiger partial charge in [0.05, 0.1) is 22.7 Å². The second-order valence-corrected chi connectivity index (χ2v) is 4.92. The Morgan fingerprint density at radius 1 is 1.56 bits per heavy atom. The molecule has 2 unspecified atom stereocenters. The maximum absolute atomic E-state index is 12.3. The molecule has 2 atom stereocenters. The first-order valence-electron chi connectivity index (χ1n) is 5.88. The molecule has 1 fully saturated rings. The molecule has 0 saturated carbocycles. The van der Waals surface area contributed by atoms with E-state index in [1.165, 1.54) is 18.2 Å². The Hall–Kier alpha value is -1.26. The second kappa shape index (κ2) is 5.16. The molecule has 2 rings (SSSR count). The van der Waals surface area contributed by atoms with Crippen molar-refractivity contribution < 1.29 is 14.6 Å². The normalized spacial score (nSPS) is 23.1. The molecular weight excluding hydrogens is 254 g/mol. The molecule has 1 amide bonds. The van der Waals surface area contributed by atoms with Gasteiger partial charge in [-0.05, 0) is 31.5 Å². The molecule has 0 aromatic heterocycles. The van der Waals surface area contributed by atoms with Gasteiger partial charge in [-0.15, -0.1) is 0 Å². The molecule has 4 nitrogen and oxygen atoms in total. The van der Waals surface area contributed by atoms with Crippen molar-refractivity contribution in [3.8, 4) is 5.75 Å². The van der Waals surface area contributed by atoms with Gasteiger partial charge >= 0.3 is 0 Å². The molecule has 1 heterocycles. The predicted octanol–water partition coefficient (Wildman–Crippen LogP) is 2.29. The van der Waals surface area contributed by atoms with Gasteiger partial charge in [0.25, 0.3) is 5.91 Å². The summed E-state index contributed by atoms with van der Waals surface area (Å²) in [6.07, 6.45) is 0.842. The van der Waals surface area contributed by atoms with Crippen LogP contribution in [-0.2, 0) is 4.74 Å². The van der Waals surface area contributed by atoms with E-state index >= 15 is 0 Å². The summed E-state index contributed by atoms with van der Waals surface area (Å²) in [5.74, 6) is -0.162. The number of ether oxygens (including phenoxy) is 1. The molecule has 0 aliphatic carbocycles. The van der Waals surface area contributed by atoms with Gasteiger partial charge in [-0.1, -0.05) is 11.6 Å². The largest absolute Gasteiger partial charge is 0.508 e. The molecule has 1 saturated heterocycles. The monoisotopic (exact) mass is 269 g/mol. The molecule has 1 aromatic carbocycles. The standard InChI is InChI=1S/C13H16ClNO3/c1-8-12(5-6-18-8)15(2)13(17)10-7-9(16)3-4-11(10)14/h3-4,7-8,12,16H,5-6H2,1-2H3. The Morgan fingerprint density at radius 2 is 2.28 bits per heavy atom. The number of halogens is 1. The molecule has 0 bridgehead atoms. The first-order valence-corrected chi connectivity index (χ1v) is 6.26. The Morgan fingerprint density at radius 3 is 2.89 bits per heavy atom. The van der Waals surface area contributed by atoms with E-state index in [1.807, 2.05) is 6.92 Å². The van der Waals surface area contributed by atoms with Gasteiger partial charge < -0.3 is 14.7 Å². The average Bonchev–Trinajstić information content (AvgIpc) is 2.77. The Labute approximate surface area is 111 Å². The van der Waals surface area contributed by atoms with Crippen LogP contribution in [0.3, 0.4) is 0 Å². The van der Waals surface area contributed by atoms with E-state index in [9.17, 15) is 9.90 Å². The van der Waals surface area contributed by atoms with E-state index in [0.29, 0.717) is 17.2 Å². The number of benzene rings is 1. The van der Waals surface area contributed by atoms with Gasteiger partial charge in [0.2, 0.25) is 0 Å². The fraction of sp³-hybridized carbons (Fsp3) is 0.462. The van der Waals surface area contributed by atoms with Crippen LogP contribution in [0.4, 0.5) is 0 Å². The van der Waals surface area contributed by atoms with Gasteiger partial charge in [-0.25, -0.2) is 0 Å². The van der Waals surface area contributed by atoms with Crippen LogP contribution in [0.1, 0.15) is 23.7 Å². The van der Waals surface area contributed by atoms with E-state index in [1.54, 1.807) is 11.9 Å². The van der Waals surface area contributed by atoms with Crippen LogP contribution in [0, 0.1) is 0 Å². The van der Waals surface area contributed by atoms with Crippen molar-refractivity contribution in [2.24, 2.45) is 0 Å². The Bertz CT molecular complexity index is 464. The highest BCUT2D eigenvalue weighted by Gasteiger charge is 2.31. The summed E-state index contributed by atoms with van der Waals surface area (Å²) in [5.41, 5.74) is 0.318. The van der Waals surface area contributed by atoms with E-state index in [0.717, 1.165) is 6.42 Å². The number of carbonyl (C=O) groups is 1. The van der Waals surface area contributed by atoms with Crippen LogP contribution in [0.5, 0.6) is 5.75 Å². The summed E-state index contributed by atoms with van der Waals surface area (Å²) >= 11 is 5.99. The Kier molecular flexibility index (Phi) is 3.78. The van der Waals surface area contributed by atoms with Crippen LogP contribution in [0.2, 0.25) is 5.02 Å². The maximum atomic E-state index is 12.3. The SMILES string of the molecule is CC1OCCC1N(C)C(=O)c1cc(O)ccc1Cl. The van der Waals surface area contributed by atoms with Crippen molar-refractivity contribution in [3.05, 3.63) is 28.8 Å². The fourth-order valence-electron chi connectivity index (χ4n) is 2.25. The third-order valence-electron chi connectivity index (χ3n) is 3.33. The first-order chi connectivity index (χ1) is 8.50. The highest BCUT2D eigenvalue weighted by molar-refractivity contribution is 6.33. The third-order valence-corrected chi connectivity index (χ3v) is 3.66. The zero-order valence-electron chi connectivity index (χ0n) is 10.4. The summed E-state index contributed by atoms with van der Waals surface area (Å²) < 4.78 is 5.45. The zero-order valence-corrected chi connectivity index (χ0v) is 11.1. The lowest BCUT2D eigenvalue weighted by molar-refractivity contribution is 0.0574. The quantitative estimate of drug-likeness (QED) is 0.896. The molecule has 18 heavy (non-hydrogen) atoms. The molecule has 98 valence electrons. The van der Waals surface area contributed by atoms with Crippen LogP contribution in [-0.4, -0.2) is 41.7 Å². The minimum atomic E-state index is -0.196. The lowest BCUT2D eigenvalue weighted by atomic mass is 10.1. The number of phenolic OH excluding ortho intramolecular Hbond substituents is 1. The van der Waals surface area contributed by atoms with Crippen molar-refractivity contribution in [1.82, 2.24) is 4.90 Å². The maximum Gasteiger partial charge on any atom is 0.255 e. The highest BCUT2D eigenvalue weighted by atomic mass is 35.5. The second-order valence-electron chi connectivity index (χ2n) is 4.51. The topological polar surface area (TPSA) is 49.8 Å². The van der Waals surface area contributed by atoms with Gasteiger partial charge in [0, 0.05) is 13.7 Å². The fourth-order valence-corrected chi connectivity index (χ4v) is 2.45. The van der Waals surface area contributed by atoms with Gasteiger partial charge in [-0.3, -0.25) is 4.79 Å². The van der Waals surface area contributed by atoms with Crippen LogP contribution in [0.25, 0.3) is 0 Å². The van der Waals surface area contributed by atoms with E-state index in [-0.39, 0.29) is 23.8 Å². The number of likely N-dealkylation sites (N-methyl/N-ethyl adjacent to an activating group) is 1. The molecule has 1 aromatic rings. The minimum Gasteiger partial charge on any atom is -0.508 e. The lowest BCUT2D eigenvalue weighted by Crippen LogP contribution is -2.41. The number of hydrogen-bond acceptors (Lipinski definition) is 3. The van der Waals surface area contributed by atoms with Crippen LogP contribution < -0.4 is 0 Å². The number of aromatic hydroxyl groups is 1.